The standard InChI is InChI=1S/C7H6N2/c1-5-2-7(5)6(3-8)4-9/h2,6-7H,1H3. The van der Waals surface area contributed by atoms with Gasteiger partial charge in [-0.1, -0.05) is 11.6 Å². The van der Waals surface area contributed by atoms with E-state index in [1.807, 2.05) is 25.1 Å². The highest BCUT2D eigenvalue weighted by atomic mass is 14.4. The number of allylic oxidation sites excluding steroid dienone is 2. The molecule has 1 aliphatic carbocycles. The molecular weight excluding hydrogens is 112 g/mol. The Hall–Kier alpha value is -1.28. The second kappa shape index (κ2) is 1.91. The number of hydrogen-bond acceptors (Lipinski definition) is 2. The minimum Gasteiger partial charge on any atom is -0.197 e. The van der Waals surface area contributed by atoms with Gasteiger partial charge < -0.3 is 0 Å². The first-order chi connectivity index (χ1) is 4.29. The molecule has 2 nitrogen and oxygen atoms in total. The van der Waals surface area contributed by atoms with Gasteiger partial charge in [-0.2, -0.15) is 10.5 Å². The van der Waals surface area contributed by atoms with Crippen molar-refractivity contribution in [1.82, 2.24) is 0 Å². The summed E-state index contributed by atoms with van der Waals surface area (Å²) < 4.78 is 0. The molecule has 0 saturated carbocycles. The summed E-state index contributed by atoms with van der Waals surface area (Å²) in [6.07, 6.45) is 1.94. The van der Waals surface area contributed by atoms with Crippen LogP contribution in [0.1, 0.15) is 6.92 Å². The zero-order valence-electron chi connectivity index (χ0n) is 5.13. The minimum absolute atomic E-state index is 0.167. The van der Waals surface area contributed by atoms with Crippen molar-refractivity contribution < 1.29 is 0 Å². The van der Waals surface area contributed by atoms with Crippen molar-refractivity contribution in [2.45, 2.75) is 6.92 Å². The average Bonchev–Trinajstić information content (AvgIpc) is 2.51. The topological polar surface area (TPSA) is 47.6 Å². The lowest BCUT2D eigenvalue weighted by Gasteiger charge is -1.92. The van der Waals surface area contributed by atoms with Crippen molar-refractivity contribution in [2.24, 2.45) is 11.8 Å². The normalized spacial score (nSPS) is 22.2. The van der Waals surface area contributed by atoms with Crippen LogP contribution in [0.25, 0.3) is 0 Å². The van der Waals surface area contributed by atoms with E-state index in [0.29, 0.717) is 0 Å². The first kappa shape index (κ1) is 5.85. The van der Waals surface area contributed by atoms with E-state index in [0.717, 1.165) is 0 Å². The summed E-state index contributed by atoms with van der Waals surface area (Å²) in [6.45, 7) is 1.94. The fourth-order valence-electron chi connectivity index (χ4n) is 0.784. The van der Waals surface area contributed by atoms with Crippen molar-refractivity contribution in [2.75, 3.05) is 0 Å². The Labute approximate surface area is 54.0 Å². The number of rotatable bonds is 1. The zero-order chi connectivity index (χ0) is 6.85. The molecule has 2 heteroatoms. The first-order valence-corrected chi connectivity index (χ1v) is 2.77. The predicted molar refractivity (Wildman–Crippen MR) is 32.0 cm³/mol. The fraction of sp³-hybridized carbons (Fsp3) is 0.429. The summed E-state index contributed by atoms with van der Waals surface area (Å²) in [7, 11) is 0. The molecule has 0 radical (unpaired) electrons. The molecular formula is C7H6N2. The van der Waals surface area contributed by atoms with Gasteiger partial charge >= 0.3 is 0 Å². The summed E-state index contributed by atoms with van der Waals surface area (Å²) in [5, 5.41) is 16.7. The van der Waals surface area contributed by atoms with E-state index >= 15 is 0 Å². The SMILES string of the molecule is CC1=CC1C(C#N)C#N. The van der Waals surface area contributed by atoms with Crippen molar-refractivity contribution >= 4 is 0 Å². The van der Waals surface area contributed by atoms with Crippen LogP contribution in [0.4, 0.5) is 0 Å². The Morgan fingerprint density at radius 3 is 2.11 bits per heavy atom. The van der Waals surface area contributed by atoms with Crippen LogP contribution in [0.2, 0.25) is 0 Å². The molecule has 0 aliphatic heterocycles. The van der Waals surface area contributed by atoms with E-state index in [1.54, 1.807) is 0 Å². The lowest BCUT2D eigenvalue weighted by Crippen LogP contribution is -1.96. The Morgan fingerprint density at radius 2 is 2.00 bits per heavy atom. The molecule has 44 valence electrons. The third-order valence-electron chi connectivity index (χ3n) is 1.50. The summed E-state index contributed by atoms with van der Waals surface area (Å²) in [5.41, 5.74) is 1.17. The maximum Gasteiger partial charge on any atom is 0.143 e. The Balaban J connectivity index is 2.49. The van der Waals surface area contributed by atoms with Crippen LogP contribution >= 0.6 is 0 Å². The van der Waals surface area contributed by atoms with Crippen molar-refractivity contribution in [3.8, 4) is 12.1 Å². The lowest BCUT2D eigenvalue weighted by atomic mass is 10.0. The van der Waals surface area contributed by atoms with Gasteiger partial charge in [0.25, 0.3) is 0 Å². The molecule has 0 bridgehead atoms. The summed E-state index contributed by atoms with van der Waals surface area (Å²) in [4.78, 5) is 0. The molecule has 0 fully saturated rings. The predicted octanol–water partition coefficient (Wildman–Crippen LogP) is 1.23. The molecule has 0 spiro atoms. The maximum atomic E-state index is 8.35. The van der Waals surface area contributed by atoms with Gasteiger partial charge in [0, 0.05) is 5.92 Å². The van der Waals surface area contributed by atoms with Crippen LogP contribution in [0.5, 0.6) is 0 Å². The highest BCUT2D eigenvalue weighted by Gasteiger charge is 2.29. The molecule has 0 heterocycles. The summed E-state index contributed by atoms with van der Waals surface area (Å²) in [6, 6.07) is 3.86. The van der Waals surface area contributed by atoms with E-state index in [9.17, 15) is 0 Å². The Bertz CT molecular complexity index is 212. The van der Waals surface area contributed by atoms with Crippen LogP contribution < -0.4 is 0 Å². The van der Waals surface area contributed by atoms with Crippen LogP contribution in [-0.2, 0) is 0 Å². The molecule has 1 atom stereocenters. The summed E-state index contributed by atoms with van der Waals surface area (Å²) >= 11 is 0. The third-order valence-corrected chi connectivity index (χ3v) is 1.50. The average molecular weight is 118 g/mol. The van der Waals surface area contributed by atoms with E-state index in [4.69, 9.17) is 10.5 Å². The molecule has 9 heavy (non-hydrogen) atoms. The van der Waals surface area contributed by atoms with Crippen molar-refractivity contribution in [3.63, 3.8) is 0 Å². The molecule has 0 aromatic carbocycles. The van der Waals surface area contributed by atoms with Crippen molar-refractivity contribution in [3.05, 3.63) is 11.6 Å². The lowest BCUT2D eigenvalue weighted by molar-refractivity contribution is 0.756. The second-order valence-electron chi connectivity index (χ2n) is 2.17. The number of hydrogen-bond donors (Lipinski definition) is 0. The van der Waals surface area contributed by atoms with E-state index < -0.39 is 5.92 Å². The van der Waals surface area contributed by atoms with E-state index in [1.165, 1.54) is 5.57 Å². The van der Waals surface area contributed by atoms with E-state index in [2.05, 4.69) is 0 Å². The van der Waals surface area contributed by atoms with Gasteiger partial charge in [0.2, 0.25) is 0 Å². The highest BCUT2D eigenvalue weighted by Crippen LogP contribution is 2.34. The Kier molecular flexibility index (Phi) is 1.24. The number of nitrogens with zero attached hydrogens (tertiary/aromatic N) is 2. The van der Waals surface area contributed by atoms with Crippen LogP contribution in [-0.4, -0.2) is 0 Å². The molecule has 0 amide bonds. The molecule has 0 N–H and O–H groups in total. The van der Waals surface area contributed by atoms with Gasteiger partial charge in [-0.3, -0.25) is 0 Å². The van der Waals surface area contributed by atoms with Crippen LogP contribution in [0, 0.1) is 34.5 Å². The molecule has 1 unspecified atom stereocenters. The van der Waals surface area contributed by atoms with Gasteiger partial charge in [-0.05, 0) is 6.92 Å². The fourth-order valence-corrected chi connectivity index (χ4v) is 0.784. The smallest absolute Gasteiger partial charge is 0.143 e. The Morgan fingerprint density at radius 1 is 1.56 bits per heavy atom. The van der Waals surface area contributed by atoms with Crippen LogP contribution in [0.15, 0.2) is 11.6 Å². The highest BCUT2D eigenvalue weighted by molar-refractivity contribution is 5.33. The maximum absolute atomic E-state index is 8.35. The number of nitriles is 2. The molecule has 0 aromatic heterocycles. The minimum atomic E-state index is -0.440. The van der Waals surface area contributed by atoms with Gasteiger partial charge in [0.1, 0.15) is 5.92 Å². The monoisotopic (exact) mass is 118 g/mol. The van der Waals surface area contributed by atoms with Gasteiger partial charge in [-0.15, -0.1) is 0 Å². The molecule has 0 aromatic rings. The first-order valence-electron chi connectivity index (χ1n) is 2.77. The van der Waals surface area contributed by atoms with Crippen molar-refractivity contribution in [1.29, 1.82) is 10.5 Å². The molecule has 1 aliphatic rings. The molecule has 0 saturated heterocycles. The third kappa shape index (κ3) is 0.925. The van der Waals surface area contributed by atoms with Gasteiger partial charge in [0.15, 0.2) is 0 Å². The van der Waals surface area contributed by atoms with Gasteiger partial charge in [0.05, 0.1) is 12.1 Å². The zero-order valence-corrected chi connectivity index (χ0v) is 5.13. The van der Waals surface area contributed by atoms with Gasteiger partial charge in [-0.25, -0.2) is 0 Å². The second-order valence-corrected chi connectivity index (χ2v) is 2.17. The quantitative estimate of drug-likeness (QED) is 0.486. The van der Waals surface area contributed by atoms with Crippen LogP contribution in [0.3, 0.4) is 0 Å². The largest absolute Gasteiger partial charge is 0.197 e. The summed E-state index contributed by atoms with van der Waals surface area (Å²) in [5.74, 6) is -0.273. The molecule has 1 rings (SSSR count). The van der Waals surface area contributed by atoms with E-state index in [-0.39, 0.29) is 5.92 Å².